The van der Waals surface area contributed by atoms with Gasteiger partial charge in [-0.15, -0.1) is 0 Å². The molecule has 264 valence electrons. The van der Waals surface area contributed by atoms with Crippen molar-refractivity contribution >= 4 is 11.9 Å². The zero-order valence-electron chi connectivity index (χ0n) is 29.8. The molecule has 0 fully saturated rings. The van der Waals surface area contributed by atoms with E-state index in [4.69, 9.17) is 9.47 Å². The maximum Gasteiger partial charge on any atom is 0.306 e. The van der Waals surface area contributed by atoms with E-state index in [1.807, 2.05) is 0 Å². The zero-order valence-corrected chi connectivity index (χ0v) is 29.8. The third kappa shape index (κ3) is 34.5. The first kappa shape index (κ1) is 43.6. The maximum atomic E-state index is 12.1. The molecule has 5 heteroatoms. The van der Waals surface area contributed by atoms with Crippen molar-refractivity contribution < 1.29 is 24.2 Å². The maximum absolute atomic E-state index is 12.1. The van der Waals surface area contributed by atoms with E-state index >= 15 is 0 Å². The number of esters is 2. The lowest BCUT2D eigenvalue weighted by molar-refractivity contribution is -0.161. The fourth-order valence-corrected chi connectivity index (χ4v) is 4.95. The summed E-state index contributed by atoms with van der Waals surface area (Å²) in [5, 5.41) is 9.54. The van der Waals surface area contributed by atoms with Crippen LogP contribution in [0.4, 0.5) is 0 Å². The fourth-order valence-electron chi connectivity index (χ4n) is 4.95. The van der Waals surface area contributed by atoms with Gasteiger partial charge in [-0.05, 0) is 77.0 Å². The second-order valence-electron chi connectivity index (χ2n) is 12.3. The quantitative estimate of drug-likeness (QED) is 0.0438. The second-order valence-corrected chi connectivity index (χ2v) is 12.3. The summed E-state index contributed by atoms with van der Waals surface area (Å²) in [6.07, 6.45) is 47.0. The molecule has 0 aliphatic rings. The highest BCUT2D eigenvalue weighted by molar-refractivity contribution is 5.70. The van der Waals surface area contributed by atoms with Gasteiger partial charge in [-0.25, -0.2) is 0 Å². The molecule has 0 spiro atoms. The standard InChI is InChI=1S/C41H70O5/c1-3-5-7-9-11-13-15-17-19-20-22-23-25-27-29-31-33-35-40(43)45-38-39(37-42)46-41(44)36-34-32-30-28-26-24-21-18-16-14-12-10-8-6-4-2/h6,8,11-14,17-19,21,39,42H,3-5,7,9-10,15-16,20,22-38H2,1-2H3. The smallest absolute Gasteiger partial charge is 0.306 e. The molecule has 0 aliphatic heterocycles. The summed E-state index contributed by atoms with van der Waals surface area (Å²) >= 11 is 0. The normalized spacial score (nSPS) is 12.8. The Balaban J connectivity index is 3.62. The molecule has 0 saturated heterocycles. The van der Waals surface area contributed by atoms with Crippen LogP contribution >= 0.6 is 0 Å². The molecule has 0 heterocycles. The number of allylic oxidation sites excluding steroid dienone is 10. The Morgan fingerprint density at radius 1 is 0.522 bits per heavy atom. The van der Waals surface area contributed by atoms with Gasteiger partial charge in [0.2, 0.25) is 0 Å². The van der Waals surface area contributed by atoms with Gasteiger partial charge in [-0.2, -0.15) is 0 Å². The van der Waals surface area contributed by atoms with Gasteiger partial charge >= 0.3 is 11.9 Å². The number of rotatable bonds is 33. The highest BCUT2D eigenvalue weighted by Gasteiger charge is 2.16. The predicted octanol–water partition coefficient (Wildman–Crippen LogP) is 11.6. The van der Waals surface area contributed by atoms with Crippen molar-refractivity contribution in [1.29, 1.82) is 0 Å². The zero-order chi connectivity index (χ0) is 33.6. The second kappa shape index (κ2) is 37.1. The molecular formula is C41H70O5. The van der Waals surface area contributed by atoms with Crippen LogP contribution in [0.5, 0.6) is 0 Å². The number of ether oxygens (including phenoxy) is 2. The van der Waals surface area contributed by atoms with Crippen LogP contribution in [0.25, 0.3) is 0 Å². The number of unbranched alkanes of at least 4 members (excludes halogenated alkanes) is 15. The largest absolute Gasteiger partial charge is 0.462 e. The number of carbonyl (C=O) groups is 2. The molecule has 46 heavy (non-hydrogen) atoms. The summed E-state index contributed by atoms with van der Waals surface area (Å²) in [6.45, 7) is 3.96. The SMILES string of the molecule is CCC=CCC=CCC=CCCCCCCCC(=O)OC(CO)COC(=O)CCCCCCCCCC=CCC=CCCCCC. The molecule has 1 N–H and O–H groups in total. The number of aliphatic hydroxyl groups excluding tert-OH is 1. The van der Waals surface area contributed by atoms with E-state index in [0.29, 0.717) is 12.8 Å². The topological polar surface area (TPSA) is 72.8 Å². The summed E-state index contributed by atoms with van der Waals surface area (Å²) in [5.74, 6) is -0.624. The molecule has 0 rings (SSSR count). The minimum absolute atomic E-state index is 0.0794. The van der Waals surface area contributed by atoms with E-state index in [0.717, 1.165) is 89.9 Å². The first-order chi connectivity index (χ1) is 22.6. The van der Waals surface area contributed by atoms with Crippen molar-refractivity contribution in [3.8, 4) is 0 Å². The molecule has 0 aromatic heterocycles. The van der Waals surface area contributed by atoms with Crippen LogP contribution in [0, 0.1) is 0 Å². The average Bonchev–Trinajstić information content (AvgIpc) is 3.06. The van der Waals surface area contributed by atoms with Gasteiger partial charge in [0, 0.05) is 12.8 Å². The molecule has 0 amide bonds. The van der Waals surface area contributed by atoms with Gasteiger partial charge < -0.3 is 14.6 Å². The molecule has 0 bridgehead atoms. The van der Waals surface area contributed by atoms with Crippen molar-refractivity contribution in [3.63, 3.8) is 0 Å². The van der Waals surface area contributed by atoms with Crippen molar-refractivity contribution in [1.82, 2.24) is 0 Å². The van der Waals surface area contributed by atoms with Crippen molar-refractivity contribution in [2.24, 2.45) is 0 Å². The van der Waals surface area contributed by atoms with Crippen LogP contribution in [-0.2, 0) is 19.1 Å². The van der Waals surface area contributed by atoms with Crippen molar-refractivity contribution in [2.75, 3.05) is 13.2 Å². The summed E-state index contributed by atoms with van der Waals surface area (Å²) in [7, 11) is 0. The van der Waals surface area contributed by atoms with Crippen molar-refractivity contribution in [2.45, 2.75) is 174 Å². The number of hydrogen-bond donors (Lipinski definition) is 1. The fraction of sp³-hybridized carbons (Fsp3) is 0.707. The van der Waals surface area contributed by atoms with E-state index in [1.54, 1.807) is 0 Å². The van der Waals surface area contributed by atoms with E-state index in [1.165, 1.54) is 51.4 Å². The molecule has 1 atom stereocenters. The number of hydrogen-bond acceptors (Lipinski definition) is 5. The highest BCUT2D eigenvalue weighted by atomic mass is 16.6. The number of carbonyl (C=O) groups excluding carboxylic acids is 2. The predicted molar refractivity (Wildman–Crippen MR) is 196 cm³/mol. The van der Waals surface area contributed by atoms with Crippen LogP contribution in [0.15, 0.2) is 60.8 Å². The van der Waals surface area contributed by atoms with Crippen LogP contribution in [0.1, 0.15) is 168 Å². The molecular weight excluding hydrogens is 572 g/mol. The van der Waals surface area contributed by atoms with E-state index < -0.39 is 6.10 Å². The van der Waals surface area contributed by atoms with Crippen LogP contribution < -0.4 is 0 Å². The minimum atomic E-state index is -0.784. The highest BCUT2D eigenvalue weighted by Crippen LogP contribution is 2.12. The first-order valence-corrected chi connectivity index (χ1v) is 18.8. The van der Waals surface area contributed by atoms with Gasteiger partial charge in [-0.3, -0.25) is 9.59 Å². The van der Waals surface area contributed by atoms with Gasteiger partial charge in [0.15, 0.2) is 6.10 Å². The van der Waals surface area contributed by atoms with Crippen molar-refractivity contribution in [3.05, 3.63) is 60.8 Å². The van der Waals surface area contributed by atoms with Crippen LogP contribution in [0.2, 0.25) is 0 Å². The lowest BCUT2D eigenvalue weighted by Gasteiger charge is -2.15. The molecule has 1 unspecified atom stereocenters. The number of aliphatic hydroxyl groups is 1. The molecule has 5 nitrogen and oxygen atoms in total. The molecule has 0 aromatic carbocycles. The molecule has 0 aromatic rings. The van der Waals surface area contributed by atoms with Gasteiger partial charge in [0.05, 0.1) is 6.61 Å². The Hall–Kier alpha value is -2.40. The summed E-state index contributed by atoms with van der Waals surface area (Å²) in [5.41, 5.74) is 0. The Morgan fingerprint density at radius 2 is 0.935 bits per heavy atom. The lowest BCUT2D eigenvalue weighted by Crippen LogP contribution is -2.28. The Bertz CT molecular complexity index is 823. The third-order valence-electron chi connectivity index (χ3n) is 7.80. The van der Waals surface area contributed by atoms with Gasteiger partial charge in [-0.1, -0.05) is 139 Å². The van der Waals surface area contributed by atoms with Crippen LogP contribution in [0.3, 0.4) is 0 Å². The summed E-state index contributed by atoms with van der Waals surface area (Å²) in [4.78, 5) is 24.2. The van der Waals surface area contributed by atoms with Gasteiger partial charge in [0.25, 0.3) is 0 Å². The Morgan fingerprint density at radius 3 is 1.41 bits per heavy atom. The average molecular weight is 643 g/mol. The first-order valence-electron chi connectivity index (χ1n) is 18.8. The third-order valence-corrected chi connectivity index (χ3v) is 7.80. The van der Waals surface area contributed by atoms with Gasteiger partial charge in [0.1, 0.15) is 6.61 Å². The lowest BCUT2D eigenvalue weighted by atomic mass is 10.1. The minimum Gasteiger partial charge on any atom is -0.462 e. The Kier molecular flexibility index (Phi) is 35.1. The van der Waals surface area contributed by atoms with E-state index in [9.17, 15) is 14.7 Å². The Labute approximate surface area is 283 Å². The summed E-state index contributed by atoms with van der Waals surface area (Å²) in [6, 6.07) is 0. The monoisotopic (exact) mass is 643 g/mol. The molecule has 0 saturated carbocycles. The summed E-state index contributed by atoms with van der Waals surface area (Å²) < 4.78 is 10.6. The molecule has 0 aliphatic carbocycles. The molecule has 0 radical (unpaired) electrons. The van der Waals surface area contributed by atoms with E-state index in [-0.39, 0.29) is 25.2 Å². The van der Waals surface area contributed by atoms with E-state index in [2.05, 4.69) is 74.6 Å². The van der Waals surface area contributed by atoms with Crippen LogP contribution in [-0.4, -0.2) is 36.4 Å².